The van der Waals surface area contributed by atoms with E-state index in [0.29, 0.717) is 21.6 Å². The third-order valence-electron chi connectivity index (χ3n) is 5.16. The molecule has 0 aliphatic heterocycles. The highest BCUT2D eigenvalue weighted by Crippen LogP contribution is 2.28. The summed E-state index contributed by atoms with van der Waals surface area (Å²) < 4.78 is 0. The van der Waals surface area contributed by atoms with E-state index in [4.69, 9.17) is 11.6 Å². The number of aromatic nitrogens is 2. The Morgan fingerprint density at radius 3 is 2.56 bits per heavy atom. The van der Waals surface area contributed by atoms with Crippen molar-refractivity contribution in [3.63, 3.8) is 0 Å². The Morgan fingerprint density at radius 2 is 1.84 bits per heavy atom. The van der Waals surface area contributed by atoms with Gasteiger partial charge in [-0.1, -0.05) is 80.5 Å². The van der Waals surface area contributed by atoms with Gasteiger partial charge in [-0.15, -0.1) is 10.2 Å². The van der Waals surface area contributed by atoms with Gasteiger partial charge in [-0.05, 0) is 36.1 Å². The van der Waals surface area contributed by atoms with Crippen LogP contribution in [-0.4, -0.2) is 28.2 Å². The van der Waals surface area contributed by atoms with E-state index in [9.17, 15) is 9.59 Å². The Bertz CT molecular complexity index is 1090. The lowest BCUT2D eigenvalue weighted by molar-refractivity contribution is -0.119. The Labute approximate surface area is 196 Å². The number of hydrogen-bond donors (Lipinski definition) is 3. The van der Waals surface area contributed by atoms with Crippen LogP contribution in [0.15, 0.2) is 48.5 Å². The van der Waals surface area contributed by atoms with Crippen LogP contribution < -0.4 is 16.0 Å². The third-order valence-corrected chi connectivity index (χ3v) is 6.28. The fraction of sp³-hybridized carbons (Fsp3) is 0.304. The molecule has 32 heavy (non-hydrogen) atoms. The first-order valence-electron chi connectivity index (χ1n) is 10.5. The Kier molecular flexibility index (Phi) is 8.19. The van der Waals surface area contributed by atoms with Crippen LogP contribution >= 0.6 is 22.9 Å². The largest absolute Gasteiger partial charge is 0.326 e. The summed E-state index contributed by atoms with van der Waals surface area (Å²) >= 11 is 7.29. The average molecular weight is 472 g/mol. The second kappa shape index (κ2) is 11.1. The summed E-state index contributed by atoms with van der Waals surface area (Å²) in [5.41, 5.74) is 2.57. The average Bonchev–Trinajstić information content (AvgIpc) is 3.25. The molecule has 1 heterocycles. The van der Waals surface area contributed by atoms with E-state index in [2.05, 4.69) is 26.1 Å². The molecule has 0 aliphatic rings. The zero-order valence-electron chi connectivity index (χ0n) is 18.2. The molecule has 3 amide bonds. The van der Waals surface area contributed by atoms with Crippen molar-refractivity contribution in [1.29, 1.82) is 0 Å². The molecule has 0 bridgehead atoms. The number of para-hydroxylation sites is 1. The second-order valence-electron chi connectivity index (χ2n) is 7.38. The lowest BCUT2D eigenvalue weighted by Gasteiger charge is -2.23. The first-order valence-corrected chi connectivity index (χ1v) is 11.7. The van der Waals surface area contributed by atoms with Crippen LogP contribution in [0.2, 0.25) is 5.02 Å². The molecule has 2 atom stereocenters. The van der Waals surface area contributed by atoms with Crippen LogP contribution in [0.25, 0.3) is 10.6 Å². The summed E-state index contributed by atoms with van der Waals surface area (Å²) in [7, 11) is 0. The van der Waals surface area contributed by atoms with E-state index >= 15 is 0 Å². The first-order chi connectivity index (χ1) is 15.4. The number of anilines is 2. The van der Waals surface area contributed by atoms with Crippen molar-refractivity contribution >= 4 is 45.7 Å². The minimum absolute atomic E-state index is 0.0810. The van der Waals surface area contributed by atoms with Gasteiger partial charge in [-0.3, -0.25) is 10.1 Å². The van der Waals surface area contributed by atoms with E-state index in [1.54, 1.807) is 12.1 Å². The summed E-state index contributed by atoms with van der Waals surface area (Å²) in [6.07, 6.45) is 1.51. The summed E-state index contributed by atoms with van der Waals surface area (Å²) in [4.78, 5) is 25.6. The van der Waals surface area contributed by atoms with Crippen LogP contribution in [0.1, 0.15) is 32.8 Å². The van der Waals surface area contributed by atoms with Gasteiger partial charge in [0.25, 0.3) is 0 Å². The fourth-order valence-electron chi connectivity index (χ4n) is 3.15. The highest BCUT2D eigenvalue weighted by atomic mass is 35.5. The van der Waals surface area contributed by atoms with Crippen LogP contribution in [0, 0.1) is 5.92 Å². The highest BCUT2D eigenvalue weighted by molar-refractivity contribution is 7.18. The topological polar surface area (TPSA) is 96.0 Å². The van der Waals surface area contributed by atoms with Gasteiger partial charge in [0.1, 0.15) is 11.0 Å². The number of halogens is 1. The predicted molar refractivity (Wildman–Crippen MR) is 130 cm³/mol. The van der Waals surface area contributed by atoms with E-state index in [1.165, 1.54) is 11.3 Å². The molecule has 1 aromatic heterocycles. The standard InChI is InChI=1S/C23H26ClN5O2S/c1-4-14(3)19(26-22(31)25-18-12-7-6-9-15(18)5-2)20(30)27-23-29-28-21(32-23)16-10-8-11-17(24)13-16/h6-14,19H,4-5H2,1-3H3,(H2,25,26,31)(H,27,29,30)/t14-,19+/m1/s1. The van der Waals surface area contributed by atoms with Gasteiger partial charge in [-0.2, -0.15) is 0 Å². The van der Waals surface area contributed by atoms with Gasteiger partial charge in [0.05, 0.1) is 0 Å². The number of hydrogen-bond acceptors (Lipinski definition) is 5. The third kappa shape index (κ3) is 6.05. The van der Waals surface area contributed by atoms with Crippen molar-refractivity contribution < 1.29 is 9.59 Å². The molecule has 0 fully saturated rings. The summed E-state index contributed by atoms with van der Waals surface area (Å²) in [6, 6.07) is 13.7. The molecule has 2 aromatic carbocycles. The molecule has 0 unspecified atom stereocenters. The van der Waals surface area contributed by atoms with Gasteiger partial charge in [0, 0.05) is 16.3 Å². The van der Waals surface area contributed by atoms with Crippen molar-refractivity contribution in [3.05, 3.63) is 59.1 Å². The van der Waals surface area contributed by atoms with Gasteiger partial charge >= 0.3 is 6.03 Å². The SMILES string of the molecule is CCc1ccccc1NC(=O)N[C@H](C(=O)Nc1nnc(-c2cccc(Cl)c2)s1)[C@H](C)CC. The molecule has 0 saturated carbocycles. The van der Waals surface area contributed by atoms with Crippen molar-refractivity contribution in [2.24, 2.45) is 5.92 Å². The number of urea groups is 1. The smallest absolute Gasteiger partial charge is 0.319 e. The van der Waals surface area contributed by atoms with Crippen LogP contribution in [-0.2, 0) is 11.2 Å². The van der Waals surface area contributed by atoms with Crippen LogP contribution in [0.3, 0.4) is 0 Å². The molecule has 0 saturated heterocycles. The minimum Gasteiger partial charge on any atom is -0.326 e. The quantitative estimate of drug-likeness (QED) is 0.398. The van der Waals surface area contributed by atoms with Gasteiger partial charge in [-0.25, -0.2) is 4.79 Å². The number of nitrogens with zero attached hydrogens (tertiary/aromatic N) is 2. The fourth-order valence-corrected chi connectivity index (χ4v) is 4.08. The molecular formula is C23H26ClN5O2S. The van der Waals surface area contributed by atoms with Gasteiger partial charge in [0.2, 0.25) is 11.0 Å². The predicted octanol–water partition coefficient (Wildman–Crippen LogP) is 5.60. The molecule has 7 nitrogen and oxygen atoms in total. The summed E-state index contributed by atoms with van der Waals surface area (Å²) in [5.74, 6) is -0.422. The molecule has 3 aromatic rings. The van der Waals surface area contributed by atoms with Gasteiger partial charge in [0.15, 0.2) is 0 Å². The van der Waals surface area contributed by atoms with E-state index in [-0.39, 0.29) is 11.8 Å². The molecular weight excluding hydrogens is 446 g/mol. The van der Waals surface area contributed by atoms with Crippen molar-refractivity contribution in [3.8, 4) is 10.6 Å². The summed E-state index contributed by atoms with van der Waals surface area (Å²) in [6.45, 7) is 5.91. The molecule has 0 aliphatic carbocycles. The van der Waals surface area contributed by atoms with E-state index < -0.39 is 12.1 Å². The van der Waals surface area contributed by atoms with Crippen LogP contribution in [0.4, 0.5) is 15.6 Å². The number of carbonyl (C=O) groups excluding carboxylic acids is 2. The van der Waals surface area contributed by atoms with E-state index in [1.807, 2.05) is 57.2 Å². The monoisotopic (exact) mass is 471 g/mol. The minimum atomic E-state index is -0.729. The Morgan fingerprint density at radius 1 is 1.06 bits per heavy atom. The zero-order valence-corrected chi connectivity index (χ0v) is 19.8. The first kappa shape index (κ1) is 23.7. The molecule has 0 radical (unpaired) electrons. The van der Waals surface area contributed by atoms with Crippen molar-refractivity contribution in [2.45, 2.75) is 39.7 Å². The maximum absolute atomic E-state index is 13.0. The Balaban J connectivity index is 1.69. The van der Waals surface area contributed by atoms with E-state index in [0.717, 1.165) is 23.2 Å². The molecule has 9 heteroatoms. The number of rotatable bonds is 8. The normalized spacial score (nSPS) is 12.6. The maximum Gasteiger partial charge on any atom is 0.319 e. The zero-order chi connectivity index (χ0) is 23.1. The van der Waals surface area contributed by atoms with Crippen molar-refractivity contribution in [2.75, 3.05) is 10.6 Å². The second-order valence-corrected chi connectivity index (χ2v) is 8.80. The summed E-state index contributed by atoms with van der Waals surface area (Å²) in [5, 5.41) is 18.2. The van der Waals surface area contributed by atoms with Crippen molar-refractivity contribution in [1.82, 2.24) is 15.5 Å². The molecule has 168 valence electrons. The Hall–Kier alpha value is -2.97. The molecule has 3 N–H and O–H groups in total. The molecule has 0 spiro atoms. The lowest BCUT2D eigenvalue weighted by Crippen LogP contribution is -2.49. The lowest BCUT2D eigenvalue weighted by atomic mass is 9.98. The number of benzene rings is 2. The number of aryl methyl sites for hydroxylation is 1. The highest BCUT2D eigenvalue weighted by Gasteiger charge is 2.27. The number of carbonyl (C=O) groups is 2. The number of amides is 3. The maximum atomic E-state index is 13.0. The van der Waals surface area contributed by atoms with Crippen LogP contribution in [0.5, 0.6) is 0 Å². The molecule has 3 rings (SSSR count). The number of nitrogens with one attached hydrogen (secondary N) is 3. The van der Waals surface area contributed by atoms with Gasteiger partial charge < -0.3 is 10.6 Å².